The van der Waals surface area contributed by atoms with E-state index in [-0.39, 0.29) is 0 Å². The van der Waals surface area contributed by atoms with E-state index in [9.17, 15) is 0 Å². The monoisotopic (exact) mass is 251 g/mol. The van der Waals surface area contributed by atoms with Gasteiger partial charge in [0.15, 0.2) is 0 Å². The van der Waals surface area contributed by atoms with E-state index in [1.165, 1.54) is 0 Å². The number of nitrogens with zero attached hydrogens (tertiary/aromatic N) is 3. The lowest BCUT2D eigenvalue weighted by Gasteiger charge is -2.18. The van der Waals surface area contributed by atoms with E-state index in [0.29, 0.717) is 22.3 Å². The third-order valence-electron chi connectivity index (χ3n) is 2.98. The predicted molar refractivity (Wildman–Crippen MR) is 66.2 cm³/mol. The Hall–Kier alpha value is -1.31. The number of nitriles is 1. The van der Waals surface area contributed by atoms with Gasteiger partial charge in [-0.3, -0.25) is 0 Å². The summed E-state index contributed by atoms with van der Waals surface area (Å²) in [5.41, 5.74) is 0.479. The molecule has 0 spiro atoms. The Balaban J connectivity index is 2.17. The third kappa shape index (κ3) is 2.51. The van der Waals surface area contributed by atoms with E-state index in [2.05, 4.69) is 16.0 Å². The van der Waals surface area contributed by atoms with Gasteiger partial charge in [-0.05, 0) is 12.5 Å². The van der Waals surface area contributed by atoms with Gasteiger partial charge in [-0.1, -0.05) is 11.6 Å². The molecule has 2 heterocycles. The lowest BCUT2D eigenvalue weighted by atomic mass is 10.1. The fraction of sp³-hybridized carbons (Fsp3) is 0.500. The molecule has 1 saturated heterocycles. The van der Waals surface area contributed by atoms with Crippen LogP contribution in [0.5, 0.6) is 0 Å². The Kier molecular flexibility index (Phi) is 3.82. The topological polar surface area (TPSA) is 49.1 Å². The van der Waals surface area contributed by atoms with Gasteiger partial charge in [0, 0.05) is 32.3 Å². The van der Waals surface area contributed by atoms with Crippen LogP contribution in [-0.2, 0) is 4.74 Å². The lowest BCUT2D eigenvalue weighted by molar-refractivity contribution is 0.161. The molecule has 0 aliphatic carbocycles. The van der Waals surface area contributed by atoms with E-state index in [1.807, 2.05) is 0 Å². The number of methoxy groups -OCH3 is 1. The number of anilines is 1. The largest absolute Gasteiger partial charge is 0.384 e. The zero-order valence-electron chi connectivity index (χ0n) is 9.69. The average molecular weight is 252 g/mol. The van der Waals surface area contributed by atoms with Gasteiger partial charge in [0.1, 0.15) is 16.9 Å². The van der Waals surface area contributed by atoms with Gasteiger partial charge in [0.05, 0.1) is 12.2 Å². The van der Waals surface area contributed by atoms with Crippen LogP contribution in [0.4, 0.5) is 5.82 Å². The van der Waals surface area contributed by atoms with Crippen molar-refractivity contribution in [2.45, 2.75) is 6.42 Å². The lowest BCUT2D eigenvalue weighted by Crippen LogP contribution is -2.22. The maximum atomic E-state index is 8.92. The molecule has 1 atom stereocenters. The molecule has 0 saturated carbocycles. The van der Waals surface area contributed by atoms with E-state index < -0.39 is 0 Å². The first kappa shape index (κ1) is 12.2. The van der Waals surface area contributed by atoms with Crippen molar-refractivity contribution in [3.8, 4) is 6.07 Å². The van der Waals surface area contributed by atoms with Gasteiger partial charge in [-0.2, -0.15) is 5.26 Å². The minimum Gasteiger partial charge on any atom is -0.384 e. The van der Waals surface area contributed by atoms with E-state index >= 15 is 0 Å². The number of aromatic nitrogens is 1. The molecule has 1 aliphatic rings. The van der Waals surface area contributed by atoms with Gasteiger partial charge in [-0.15, -0.1) is 0 Å². The van der Waals surface area contributed by atoms with Crippen LogP contribution in [0.15, 0.2) is 12.3 Å². The normalized spacial score (nSPS) is 19.4. The first-order valence-corrected chi connectivity index (χ1v) is 5.92. The number of pyridine rings is 1. The number of halogens is 1. The number of hydrogen-bond donors (Lipinski definition) is 0. The van der Waals surface area contributed by atoms with Crippen LogP contribution in [0, 0.1) is 17.2 Å². The van der Waals surface area contributed by atoms with E-state index in [0.717, 1.165) is 26.1 Å². The fourth-order valence-corrected chi connectivity index (χ4v) is 2.41. The Morgan fingerprint density at radius 3 is 3.24 bits per heavy atom. The smallest absolute Gasteiger partial charge is 0.148 e. The second-order valence-corrected chi connectivity index (χ2v) is 4.54. The molecule has 0 radical (unpaired) electrons. The molecule has 1 aromatic rings. The summed E-state index contributed by atoms with van der Waals surface area (Å²) in [6.45, 7) is 2.55. The molecule has 1 unspecified atom stereocenters. The van der Waals surface area contributed by atoms with Crippen LogP contribution in [-0.4, -0.2) is 31.8 Å². The Morgan fingerprint density at radius 1 is 1.71 bits per heavy atom. The van der Waals surface area contributed by atoms with Crippen molar-refractivity contribution in [1.82, 2.24) is 4.98 Å². The van der Waals surface area contributed by atoms with Crippen molar-refractivity contribution in [1.29, 1.82) is 5.26 Å². The maximum Gasteiger partial charge on any atom is 0.148 e. The molecule has 0 bridgehead atoms. The van der Waals surface area contributed by atoms with Crippen LogP contribution >= 0.6 is 11.6 Å². The van der Waals surface area contributed by atoms with Crippen LogP contribution in [0.2, 0.25) is 5.02 Å². The SMILES string of the molecule is COCC1CCN(c2nccc(C#N)c2Cl)C1. The summed E-state index contributed by atoms with van der Waals surface area (Å²) in [6, 6.07) is 3.71. The van der Waals surface area contributed by atoms with Crippen molar-refractivity contribution < 1.29 is 4.74 Å². The summed E-state index contributed by atoms with van der Waals surface area (Å²) in [6.07, 6.45) is 2.70. The summed E-state index contributed by atoms with van der Waals surface area (Å²) in [5.74, 6) is 1.23. The summed E-state index contributed by atoms with van der Waals surface area (Å²) in [4.78, 5) is 6.38. The van der Waals surface area contributed by atoms with Gasteiger partial charge in [-0.25, -0.2) is 4.98 Å². The second kappa shape index (κ2) is 5.35. The highest BCUT2D eigenvalue weighted by Crippen LogP contribution is 2.30. The predicted octanol–water partition coefficient (Wildman–Crippen LogP) is 2.08. The second-order valence-electron chi connectivity index (χ2n) is 4.16. The highest BCUT2D eigenvalue weighted by atomic mass is 35.5. The summed E-state index contributed by atoms with van der Waals surface area (Å²) in [5, 5.41) is 9.37. The molecule has 17 heavy (non-hydrogen) atoms. The van der Waals surface area contributed by atoms with E-state index in [4.69, 9.17) is 21.6 Å². The molecule has 0 N–H and O–H groups in total. The Labute approximate surface area is 106 Å². The summed E-state index contributed by atoms with van der Waals surface area (Å²) >= 11 is 6.16. The van der Waals surface area contributed by atoms with Crippen molar-refractivity contribution in [3.05, 3.63) is 22.8 Å². The molecule has 4 nitrogen and oxygen atoms in total. The molecular weight excluding hydrogens is 238 g/mol. The number of ether oxygens (including phenoxy) is 1. The fourth-order valence-electron chi connectivity index (χ4n) is 2.14. The molecule has 2 rings (SSSR count). The molecule has 5 heteroatoms. The van der Waals surface area contributed by atoms with Crippen LogP contribution in [0.3, 0.4) is 0 Å². The van der Waals surface area contributed by atoms with Crippen LogP contribution < -0.4 is 4.90 Å². The highest BCUT2D eigenvalue weighted by Gasteiger charge is 2.25. The molecule has 1 fully saturated rings. The van der Waals surface area contributed by atoms with Gasteiger partial charge < -0.3 is 9.64 Å². The van der Waals surface area contributed by atoms with Crippen LogP contribution in [0.1, 0.15) is 12.0 Å². The summed E-state index contributed by atoms with van der Waals surface area (Å²) < 4.78 is 5.15. The number of hydrogen-bond acceptors (Lipinski definition) is 4. The standard InChI is InChI=1S/C12H14ClN3O/c1-17-8-9-3-5-16(7-9)12-11(13)10(6-14)2-4-15-12/h2,4,9H,3,5,7-8H2,1H3. The molecule has 0 amide bonds. The Morgan fingerprint density at radius 2 is 2.53 bits per heavy atom. The molecule has 1 aliphatic heterocycles. The van der Waals surface area contributed by atoms with Crippen molar-refractivity contribution >= 4 is 17.4 Å². The first-order valence-electron chi connectivity index (χ1n) is 5.54. The zero-order valence-corrected chi connectivity index (χ0v) is 10.4. The third-order valence-corrected chi connectivity index (χ3v) is 3.35. The molecule has 0 aromatic carbocycles. The molecule has 90 valence electrons. The number of rotatable bonds is 3. The molecular formula is C12H14ClN3O. The maximum absolute atomic E-state index is 8.92. The summed E-state index contributed by atoms with van der Waals surface area (Å²) in [7, 11) is 1.71. The van der Waals surface area contributed by atoms with Crippen molar-refractivity contribution in [2.24, 2.45) is 5.92 Å². The zero-order chi connectivity index (χ0) is 12.3. The van der Waals surface area contributed by atoms with Crippen molar-refractivity contribution in [2.75, 3.05) is 31.7 Å². The quantitative estimate of drug-likeness (QED) is 0.825. The Bertz CT molecular complexity index is 444. The highest BCUT2D eigenvalue weighted by molar-refractivity contribution is 6.34. The van der Waals surface area contributed by atoms with Gasteiger partial charge in [0.2, 0.25) is 0 Å². The van der Waals surface area contributed by atoms with E-state index in [1.54, 1.807) is 19.4 Å². The minimum absolute atomic E-state index is 0.452. The average Bonchev–Trinajstić information content (AvgIpc) is 2.78. The molecule has 1 aromatic heterocycles. The van der Waals surface area contributed by atoms with Gasteiger partial charge in [0.25, 0.3) is 0 Å². The van der Waals surface area contributed by atoms with Crippen molar-refractivity contribution in [3.63, 3.8) is 0 Å². The van der Waals surface area contributed by atoms with Crippen LogP contribution in [0.25, 0.3) is 0 Å². The van der Waals surface area contributed by atoms with Gasteiger partial charge >= 0.3 is 0 Å². The first-order chi connectivity index (χ1) is 8.26. The minimum atomic E-state index is 0.452.